The molecular weight excluding hydrogens is 214 g/mol. The average Bonchev–Trinajstić information content (AvgIpc) is 2.20. The smallest absolute Gasteiger partial charge is 0.305 e. The Balaban J connectivity index is 3.05. The standard InChI is InChI=1S/C10H13NO5/c1-16-8-3-5(2-7(12)10(8)15)6(11)4-9(13)14/h2-3,6,12,15H,4,11H2,1H3,(H,13,14). The second kappa shape index (κ2) is 4.71. The average molecular weight is 227 g/mol. The zero-order valence-electron chi connectivity index (χ0n) is 8.67. The van der Waals surface area contributed by atoms with Gasteiger partial charge in [-0.25, -0.2) is 0 Å². The fraction of sp³-hybridized carbons (Fsp3) is 0.300. The predicted octanol–water partition coefficient (Wildman–Crippen LogP) is 0.581. The molecule has 0 aliphatic rings. The lowest BCUT2D eigenvalue weighted by molar-refractivity contribution is -0.137. The number of carboxylic acid groups (broad SMARTS) is 1. The van der Waals surface area contributed by atoms with Crippen molar-refractivity contribution in [2.45, 2.75) is 12.5 Å². The highest BCUT2D eigenvalue weighted by atomic mass is 16.5. The first kappa shape index (κ1) is 12.1. The number of phenols is 2. The lowest BCUT2D eigenvalue weighted by Gasteiger charge is -2.13. The molecule has 1 unspecified atom stereocenters. The molecule has 1 aromatic carbocycles. The van der Waals surface area contributed by atoms with E-state index in [1.54, 1.807) is 0 Å². The molecule has 6 nitrogen and oxygen atoms in total. The summed E-state index contributed by atoms with van der Waals surface area (Å²) in [6.07, 6.45) is -0.270. The van der Waals surface area contributed by atoms with Crippen LogP contribution < -0.4 is 10.5 Å². The summed E-state index contributed by atoms with van der Waals surface area (Å²) in [5.74, 6) is -1.78. The van der Waals surface area contributed by atoms with Crippen LogP contribution in [-0.4, -0.2) is 28.4 Å². The Labute approximate surface area is 91.9 Å². The van der Waals surface area contributed by atoms with Gasteiger partial charge in [0, 0.05) is 6.04 Å². The zero-order valence-corrected chi connectivity index (χ0v) is 8.67. The molecule has 0 fully saturated rings. The van der Waals surface area contributed by atoms with Gasteiger partial charge in [0.2, 0.25) is 5.75 Å². The van der Waals surface area contributed by atoms with Crippen molar-refractivity contribution < 1.29 is 24.9 Å². The van der Waals surface area contributed by atoms with Gasteiger partial charge in [-0.15, -0.1) is 0 Å². The molecule has 1 atom stereocenters. The van der Waals surface area contributed by atoms with Gasteiger partial charge in [0.25, 0.3) is 0 Å². The van der Waals surface area contributed by atoms with Gasteiger partial charge in [0.05, 0.1) is 13.5 Å². The molecular formula is C10H13NO5. The number of benzene rings is 1. The minimum atomic E-state index is -1.04. The van der Waals surface area contributed by atoms with Gasteiger partial charge in [-0.3, -0.25) is 4.79 Å². The molecule has 0 heterocycles. The summed E-state index contributed by atoms with van der Waals surface area (Å²) >= 11 is 0. The molecule has 0 radical (unpaired) electrons. The molecule has 0 bridgehead atoms. The normalized spacial score (nSPS) is 12.1. The highest BCUT2D eigenvalue weighted by molar-refractivity contribution is 5.68. The molecule has 0 amide bonds. The van der Waals surface area contributed by atoms with Crippen molar-refractivity contribution >= 4 is 5.97 Å². The monoisotopic (exact) mass is 227 g/mol. The van der Waals surface area contributed by atoms with Crippen molar-refractivity contribution in [3.8, 4) is 17.2 Å². The number of aromatic hydroxyl groups is 2. The molecule has 5 N–H and O–H groups in total. The Morgan fingerprint density at radius 1 is 1.50 bits per heavy atom. The maximum Gasteiger partial charge on any atom is 0.305 e. The van der Waals surface area contributed by atoms with Gasteiger partial charge in [-0.2, -0.15) is 0 Å². The number of hydrogen-bond acceptors (Lipinski definition) is 5. The zero-order chi connectivity index (χ0) is 12.3. The van der Waals surface area contributed by atoms with E-state index in [1.165, 1.54) is 19.2 Å². The fourth-order valence-electron chi connectivity index (χ4n) is 1.29. The van der Waals surface area contributed by atoms with Crippen molar-refractivity contribution in [3.63, 3.8) is 0 Å². The molecule has 6 heteroatoms. The molecule has 0 spiro atoms. The lowest BCUT2D eigenvalue weighted by atomic mass is 10.0. The van der Waals surface area contributed by atoms with Crippen LogP contribution in [0.4, 0.5) is 0 Å². The number of rotatable bonds is 4. The van der Waals surface area contributed by atoms with Crippen LogP contribution in [0.3, 0.4) is 0 Å². The van der Waals surface area contributed by atoms with E-state index in [2.05, 4.69) is 0 Å². The van der Waals surface area contributed by atoms with Crippen LogP contribution in [0.1, 0.15) is 18.0 Å². The number of carboxylic acids is 1. The predicted molar refractivity (Wildman–Crippen MR) is 55.5 cm³/mol. The Morgan fingerprint density at radius 3 is 2.62 bits per heavy atom. The minimum Gasteiger partial charge on any atom is -0.504 e. The molecule has 0 saturated heterocycles. The molecule has 0 aliphatic carbocycles. The van der Waals surface area contributed by atoms with Crippen LogP contribution in [0.5, 0.6) is 17.2 Å². The van der Waals surface area contributed by atoms with E-state index in [-0.39, 0.29) is 12.2 Å². The van der Waals surface area contributed by atoms with Crippen molar-refractivity contribution in [3.05, 3.63) is 17.7 Å². The maximum atomic E-state index is 10.5. The molecule has 0 aromatic heterocycles. The summed E-state index contributed by atoms with van der Waals surface area (Å²) in [5.41, 5.74) is 5.99. The van der Waals surface area contributed by atoms with Crippen LogP contribution >= 0.6 is 0 Å². The molecule has 1 aromatic rings. The number of methoxy groups -OCH3 is 1. The maximum absolute atomic E-state index is 10.5. The van der Waals surface area contributed by atoms with E-state index >= 15 is 0 Å². The number of hydrogen-bond donors (Lipinski definition) is 4. The van der Waals surface area contributed by atoms with E-state index < -0.39 is 23.5 Å². The summed E-state index contributed by atoms with van der Waals surface area (Å²) < 4.78 is 4.81. The Bertz CT molecular complexity index is 404. The van der Waals surface area contributed by atoms with E-state index in [0.717, 1.165) is 0 Å². The van der Waals surface area contributed by atoms with E-state index in [9.17, 15) is 15.0 Å². The highest BCUT2D eigenvalue weighted by Crippen LogP contribution is 2.37. The second-order valence-corrected chi connectivity index (χ2v) is 3.30. The van der Waals surface area contributed by atoms with Crippen LogP contribution in [0.2, 0.25) is 0 Å². The van der Waals surface area contributed by atoms with Crippen LogP contribution in [0.25, 0.3) is 0 Å². The topological polar surface area (TPSA) is 113 Å². The first-order valence-corrected chi connectivity index (χ1v) is 4.53. The highest BCUT2D eigenvalue weighted by Gasteiger charge is 2.16. The first-order valence-electron chi connectivity index (χ1n) is 4.53. The third kappa shape index (κ3) is 2.54. The van der Waals surface area contributed by atoms with Gasteiger partial charge < -0.3 is 25.8 Å². The van der Waals surface area contributed by atoms with Gasteiger partial charge in [0.1, 0.15) is 0 Å². The fourth-order valence-corrected chi connectivity index (χ4v) is 1.29. The van der Waals surface area contributed by atoms with E-state index in [4.69, 9.17) is 15.6 Å². The summed E-state index contributed by atoms with van der Waals surface area (Å²) in [6, 6.07) is 1.84. The van der Waals surface area contributed by atoms with Gasteiger partial charge >= 0.3 is 5.97 Å². The first-order chi connectivity index (χ1) is 7.45. The van der Waals surface area contributed by atoms with Crippen LogP contribution in [-0.2, 0) is 4.79 Å². The Hall–Kier alpha value is -1.95. The van der Waals surface area contributed by atoms with Crippen LogP contribution in [0, 0.1) is 0 Å². The number of phenolic OH excluding ortho intramolecular Hbond substituents is 2. The molecule has 1 rings (SSSR count). The van der Waals surface area contributed by atoms with Crippen molar-refractivity contribution in [2.24, 2.45) is 5.73 Å². The number of aliphatic carboxylic acids is 1. The molecule has 0 aliphatic heterocycles. The number of ether oxygens (including phenoxy) is 1. The molecule has 16 heavy (non-hydrogen) atoms. The summed E-state index contributed by atoms with van der Waals surface area (Å²) in [5, 5.41) is 27.3. The summed E-state index contributed by atoms with van der Waals surface area (Å²) in [6.45, 7) is 0. The molecule has 0 saturated carbocycles. The summed E-state index contributed by atoms with van der Waals surface area (Å²) in [4.78, 5) is 10.5. The summed E-state index contributed by atoms with van der Waals surface area (Å²) in [7, 11) is 1.32. The third-order valence-corrected chi connectivity index (χ3v) is 2.12. The largest absolute Gasteiger partial charge is 0.504 e. The number of carbonyl (C=O) groups is 1. The minimum absolute atomic E-state index is 0.0517. The van der Waals surface area contributed by atoms with E-state index in [0.29, 0.717) is 5.56 Å². The van der Waals surface area contributed by atoms with Gasteiger partial charge in [-0.1, -0.05) is 0 Å². The van der Waals surface area contributed by atoms with Crippen LogP contribution in [0.15, 0.2) is 12.1 Å². The van der Waals surface area contributed by atoms with Gasteiger partial charge in [-0.05, 0) is 17.7 Å². The third-order valence-electron chi connectivity index (χ3n) is 2.12. The molecule has 88 valence electrons. The lowest BCUT2D eigenvalue weighted by Crippen LogP contribution is -2.15. The van der Waals surface area contributed by atoms with Gasteiger partial charge in [0.15, 0.2) is 11.5 Å². The Morgan fingerprint density at radius 2 is 2.12 bits per heavy atom. The second-order valence-electron chi connectivity index (χ2n) is 3.30. The SMILES string of the molecule is COc1cc(C(N)CC(=O)O)cc(O)c1O. The Kier molecular flexibility index (Phi) is 3.57. The van der Waals surface area contributed by atoms with Crippen molar-refractivity contribution in [1.29, 1.82) is 0 Å². The van der Waals surface area contributed by atoms with Crippen molar-refractivity contribution in [2.75, 3.05) is 7.11 Å². The van der Waals surface area contributed by atoms with Crippen molar-refractivity contribution in [1.82, 2.24) is 0 Å². The quantitative estimate of drug-likeness (QED) is 0.559. The van der Waals surface area contributed by atoms with E-state index in [1.807, 2.05) is 0 Å². The number of nitrogens with two attached hydrogens (primary N) is 1.